The SMILES string of the molecule is CC(C)NC(=O)C1CCCC(NC(=O)CC(O)c2ccccc2)C1. The van der Waals surface area contributed by atoms with E-state index >= 15 is 0 Å². The number of carbonyl (C=O) groups is 2. The van der Waals surface area contributed by atoms with Crippen molar-refractivity contribution in [2.24, 2.45) is 5.92 Å². The Morgan fingerprint density at radius 3 is 2.58 bits per heavy atom. The Hall–Kier alpha value is -1.88. The topological polar surface area (TPSA) is 78.4 Å². The third-order valence-electron chi connectivity index (χ3n) is 4.40. The highest BCUT2D eigenvalue weighted by atomic mass is 16.3. The Morgan fingerprint density at radius 1 is 1.21 bits per heavy atom. The van der Waals surface area contributed by atoms with Gasteiger partial charge in [-0.2, -0.15) is 0 Å². The minimum atomic E-state index is -0.796. The van der Waals surface area contributed by atoms with Gasteiger partial charge in [0.1, 0.15) is 0 Å². The van der Waals surface area contributed by atoms with Crippen LogP contribution in [0.15, 0.2) is 30.3 Å². The summed E-state index contributed by atoms with van der Waals surface area (Å²) in [6, 6.07) is 9.33. The highest BCUT2D eigenvalue weighted by molar-refractivity contribution is 5.79. The van der Waals surface area contributed by atoms with Crippen LogP contribution in [-0.2, 0) is 9.59 Å². The van der Waals surface area contributed by atoms with E-state index in [1.54, 1.807) is 0 Å². The first kappa shape index (κ1) is 18.5. The molecular formula is C19H28N2O3. The number of carbonyl (C=O) groups excluding carboxylic acids is 2. The van der Waals surface area contributed by atoms with Crippen molar-refractivity contribution in [1.82, 2.24) is 10.6 Å². The second kappa shape index (κ2) is 8.83. The third kappa shape index (κ3) is 5.64. The van der Waals surface area contributed by atoms with Gasteiger partial charge in [0.25, 0.3) is 0 Å². The smallest absolute Gasteiger partial charge is 0.223 e. The van der Waals surface area contributed by atoms with Gasteiger partial charge in [-0.05, 0) is 38.7 Å². The molecule has 5 heteroatoms. The molecule has 1 fully saturated rings. The molecule has 0 radical (unpaired) electrons. The number of rotatable bonds is 6. The monoisotopic (exact) mass is 332 g/mol. The van der Waals surface area contributed by atoms with Crippen LogP contribution in [0.4, 0.5) is 0 Å². The molecule has 0 aromatic heterocycles. The van der Waals surface area contributed by atoms with E-state index in [0.717, 1.165) is 24.8 Å². The molecule has 0 saturated heterocycles. The predicted octanol–water partition coefficient (Wildman–Crippen LogP) is 2.31. The largest absolute Gasteiger partial charge is 0.388 e. The van der Waals surface area contributed by atoms with Gasteiger partial charge in [0.15, 0.2) is 0 Å². The summed E-state index contributed by atoms with van der Waals surface area (Å²) in [5.74, 6) is -0.125. The predicted molar refractivity (Wildman–Crippen MR) is 93.2 cm³/mol. The summed E-state index contributed by atoms with van der Waals surface area (Å²) in [5.41, 5.74) is 0.741. The molecule has 3 N–H and O–H groups in total. The van der Waals surface area contributed by atoms with E-state index in [1.807, 2.05) is 44.2 Å². The molecule has 1 saturated carbocycles. The summed E-state index contributed by atoms with van der Waals surface area (Å²) in [6.45, 7) is 3.90. The Kier molecular flexibility index (Phi) is 6.79. The number of aliphatic hydroxyl groups is 1. The molecule has 2 rings (SSSR count). The number of nitrogens with one attached hydrogen (secondary N) is 2. The van der Waals surface area contributed by atoms with E-state index in [-0.39, 0.29) is 36.2 Å². The molecule has 1 aliphatic rings. The zero-order chi connectivity index (χ0) is 17.5. The van der Waals surface area contributed by atoms with Gasteiger partial charge in [-0.3, -0.25) is 9.59 Å². The molecule has 2 amide bonds. The van der Waals surface area contributed by atoms with Crippen LogP contribution in [0.2, 0.25) is 0 Å². The van der Waals surface area contributed by atoms with Crippen LogP contribution in [0.25, 0.3) is 0 Å². The summed E-state index contributed by atoms with van der Waals surface area (Å²) >= 11 is 0. The van der Waals surface area contributed by atoms with Gasteiger partial charge in [-0.15, -0.1) is 0 Å². The van der Waals surface area contributed by atoms with Gasteiger partial charge in [0, 0.05) is 18.0 Å². The van der Waals surface area contributed by atoms with Crippen molar-refractivity contribution in [3.8, 4) is 0 Å². The fraction of sp³-hybridized carbons (Fsp3) is 0.579. The van der Waals surface area contributed by atoms with Crippen molar-refractivity contribution in [2.75, 3.05) is 0 Å². The van der Waals surface area contributed by atoms with E-state index < -0.39 is 6.10 Å². The second-order valence-electron chi connectivity index (χ2n) is 6.92. The molecule has 0 aliphatic heterocycles. The van der Waals surface area contributed by atoms with E-state index in [9.17, 15) is 14.7 Å². The number of amides is 2. The van der Waals surface area contributed by atoms with Crippen LogP contribution < -0.4 is 10.6 Å². The molecule has 0 spiro atoms. The zero-order valence-corrected chi connectivity index (χ0v) is 14.5. The van der Waals surface area contributed by atoms with Gasteiger partial charge < -0.3 is 15.7 Å². The van der Waals surface area contributed by atoms with Crippen LogP contribution in [0.5, 0.6) is 0 Å². The molecule has 1 aliphatic carbocycles. The Bertz CT molecular complexity index is 545. The van der Waals surface area contributed by atoms with Gasteiger partial charge >= 0.3 is 0 Å². The number of hydrogen-bond acceptors (Lipinski definition) is 3. The molecule has 5 nitrogen and oxygen atoms in total. The lowest BCUT2D eigenvalue weighted by Crippen LogP contribution is -2.44. The van der Waals surface area contributed by atoms with Crippen molar-refractivity contribution in [3.63, 3.8) is 0 Å². The van der Waals surface area contributed by atoms with Crippen LogP contribution in [0.3, 0.4) is 0 Å². The second-order valence-corrected chi connectivity index (χ2v) is 6.92. The molecule has 132 valence electrons. The standard InChI is InChI=1S/C19H28N2O3/c1-13(2)20-19(24)15-9-6-10-16(11-15)21-18(23)12-17(22)14-7-4-3-5-8-14/h3-5,7-8,13,15-17,22H,6,9-12H2,1-2H3,(H,20,24)(H,21,23). The lowest BCUT2D eigenvalue weighted by molar-refractivity contribution is -0.128. The van der Waals surface area contributed by atoms with Crippen molar-refractivity contribution < 1.29 is 14.7 Å². The highest BCUT2D eigenvalue weighted by Crippen LogP contribution is 2.25. The first-order valence-corrected chi connectivity index (χ1v) is 8.78. The highest BCUT2D eigenvalue weighted by Gasteiger charge is 2.28. The zero-order valence-electron chi connectivity index (χ0n) is 14.5. The lowest BCUT2D eigenvalue weighted by Gasteiger charge is -2.29. The summed E-state index contributed by atoms with van der Waals surface area (Å²) < 4.78 is 0. The van der Waals surface area contributed by atoms with Gasteiger partial charge in [0.2, 0.25) is 11.8 Å². The third-order valence-corrected chi connectivity index (χ3v) is 4.40. The van der Waals surface area contributed by atoms with Crippen molar-refractivity contribution in [3.05, 3.63) is 35.9 Å². The Morgan fingerprint density at radius 2 is 1.92 bits per heavy atom. The molecule has 3 unspecified atom stereocenters. The summed E-state index contributed by atoms with van der Waals surface area (Å²) in [4.78, 5) is 24.3. The first-order valence-electron chi connectivity index (χ1n) is 8.78. The average molecular weight is 332 g/mol. The van der Waals surface area contributed by atoms with E-state index in [2.05, 4.69) is 10.6 Å². The van der Waals surface area contributed by atoms with Gasteiger partial charge in [-0.1, -0.05) is 36.8 Å². The van der Waals surface area contributed by atoms with E-state index in [1.165, 1.54) is 0 Å². The quantitative estimate of drug-likeness (QED) is 0.748. The van der Waals surface area contributed by atoms with Gasteiger partial charge in [0.05, 0.1) is 12.5 Å². The van der Waals surface area contributed by atoms with E-state index in [0.29, 0.717) is 6.42 Å². The number of hydrogen-bond donors (Lipinski definition) is 3. The maximum Gasteiger partial charge on any atom is 0.223 e. The first-order chi connectivity index (χ1) is 11.5. The number of benzene rings is 1. The van der Waals surface area contributed by atoms with Crippen molar-refractivity contribution in [2.45, 2.75) is 64.1 Å². The minimum Gasteiger partial charge on any atom is -0.388 e. The molecule has 0 bridgehead atoms. The fourth-order valence-corrected chi connectivity index (χ4v) is 3.22. The Balaban J connectivity index is 1.82. The molecule has 3 atom stereocenters. The van der Waals surface area contributed by atoms with Crippen LogP contribution in [-0.4, -0.2) is 29.0 Å². The average Bonchev–Trinajstić information content (AvgIpc) is 2.55. The lowest BCUT2D eigenvalue weighted by atomic mass is 9.85. The van der Waals surface area contributed by atoms with Crippen LogP contribution in [0, 0.1) is 5.92 Å². The minimum absolute atomic E-state index is 0.0112. The van der Waals surface area contributed by atoms with Crippen LogP contribution >= 0.6 is 0 Å². The number of aliphatic hydroxyl groups excluding tert-OH is 1. The molecule has 0 heterocycles. The van der Waals surface area contributed by atoms with Crippen molar-refractivity contribution >= 4 is 11.8 Å². The normalized spacial score (nSPS) is 22.0. The summed E-state index contributed by atoms with van der Waals surface area (Å²) in [6.07, 6.45) is 2.61. The maximum atomic E-state index is 12.2. The van der Waals surface area contributed by atoms with Crippen molar-refractivity contribution in [1.29, 1.82) is 0 Å². The molecule has 1 aromatic carbocycles. The van der Waals surface area contributed by atoms with Gasteiger partial charge in [-0.25, -0.2) is 0 Å². The molecule has 24 heavy (non-hydrogen) atoms. The maximum absolute atomic E-state index is 12.2. The molecule has 1 aromatic rings. The Labute approximate surface area is 143 Å². The summed E-state index contributed by atoms with van der Waals surface area (Å²) in [5, 5.41) is 16.1. The van der Waals surface area contributed by atoms with E-state index in [4.69, 9.17) is 0 Å². The van der Waals surface area contributed by atoms with Crippen LogP contribution in [0.1, 0.15) is 57.6 Å². The summed E-state index contributed by atoms with van der Waals surface area (Å²) in [7, 11) is 0. The fourth-order valence-electron chi connectivity index (χ4n) is 3.22. The molecular weight excluding hydrogens is 304 g/mol.